The monoisotopic (exact) mass is 374 g/mol. The van der Waals surface area contributed by atoms with E-state index < -0.39 is 22.0 Å². The molecule has 0 aliphatic rings. The van der Waals surface area contributed by atoms with Gasteiger partial charge in [-0.05, 0) is 49.7 Å². The lowest BCUT2D eigenvalue weighted by atomic mass is 10.2. The second-order valence-corrected chi connectivity index (χ2v) is 7.15. The van der Waals surface area contributed by atoms with Gasteiger partial charge in [0.2, 0.25) is 0 Å². The summed E-state index contributed by atoms with van der Waals surface area (Å²) in [5.74, 6) is -0.0957. The van der Waals surface area contributed by atoms with Gasteiger partial charge in [-0.3, -0.25) is 4.79 Å². The molecule has 0 saturated carbocycles. The first-order valence-corrected chi connectivity index (χ1v) is 9.14. The Morgan fingerprint density at radius 3 is 2.50 bits per heavy atom. The highest BCUT2D eigenvalue weighted by Crippen LogP contribution is 2.22. The van der Waals surface area contributed by atoms with Crippen molar-refractivity contribution in [2.45, 2.75) is 24.8 Å². The molecule has 0 spiro atoms. The molecule has 0 fully saturated rings. The third kappa shape index (κ3) is 4.32. The highest BCUT2D eigenvalue weighted by molar-refractivity contribution is 7.90. The molecular formula is C18H18N2O5S. The number of carbonyl (C=O) groups is 1. The Morgan fingerprint density at radius 1 is 1.19 bits per heavy atom. The van der Waals surface area contributed by atoms with Crippen molar-refractivity contribution in [3.8, 4) is 17.6 Å². The van der Waals surface area contributed by atoms with Crippen LogP contribution in [0, 0.1) is 18.3 Å². The second-order valence-electron chi connectivity index (χ2n) is 5.47. The summed E-state index contributed by atoms with van der Waals surface area (Å²) in [6.07, 6.45) is -1.11. The molecule has 0 saturated heterocycles. The molecule has 1 atom stereocenters. The smallest absolute Gasteiger partial charge is 0.274 e. The molecule has 1 amide bonds. The van der Waals surface area contributed by atoms with Gasteiger partial charge in [0.05, 0.1) is 17.6 Å². The van der Waals surface area contributed by atoms with Crippen LogP contribution in [0.3, 0.4) is 0 Å². The van der Waals surface area contributed by atoms with E-state index >= 15 is 0 Å². The number of nitrogens with zero attached hydrogens (tertiary/aromatic N) is 1. The molecule has 26 heavy (non-hydrogen) atoms. The maximum Gasteiger partial charge on any atom is 0.274 e. The first-order chi connectivity index (χ1) is 12.3. The van der Waals surface area contributed by atoms with Crippen molar-refractivity contribution in [2.75, 3.05) is 7.11 Å². The molecule has 1 N–H and O–H groups in total. The second kappa shape index (κ2) is 7.89. The lowest BCUT2D eigenvalue weighted by Crippen LogP contribution is -2.40. The van der Waals surface area contributed by atoms with Gasteiger partial charge in [0.25, 0.3) is 15.9 Å². The first kappa shape index (κ1) is 19.3. The summed E-state index contributed by atoms with van der Waals surface area (Å²) in [5, 5.41) is 9.04. The predicted molar refractivity (Wildman–Crippen MR) is 94.3 cm³/mol. The van der Waals surface area contributed by atoms with Crippen molar-refractivity contribution < 1.29 is 22.7 Å². The minimum Gasteiger partial charge on any atom is -0.496 e. The Kier molecular flexibility index (Phi) is 5.85. The highest BCUT2D eigenvalue weighted by atomic mass is 32.2. The van der Waals surface area contributed by atoms with Gasteiger partial charge in [-0.1, -0.05) is 12.1 Å². The van der Waals surface area contributed by atoms with Crippen LogP contribution in [-0.2, 0) is 14.8 Å². The summed E-state index contributed by atoms with van der Waals surface area (Å²) in [4.78, 5) is 12.2. The van der Waals surface area contributed by atoms with Gasteiger partial charge in [-0.2, -0.15) is 5.26 Å². The summed E-state index contributed by atoms with van der Waals surface area (Å²) < 4.78 is 37.3. The lowest BCUT2D eigenvalue weighted by molar-refractivity contribution is -0.125. The molecule has 136 valence electrons. The molecule has 2 rings (SSSR count). The van der Waals surface area contributed by atoms with Gasteiger partial charge in [0.15, 0.2) is 6.10 Å². The molecule has 0 unspecified atom stereocenters. The SMILES string of the molecule is COc1ccc(S(=O)(=O)NC(=O)[C@@H](C)Oc2ccccc2C#N)cc1C. The van der Waals surface area contributed by atoms with Crippen LogP contribution in [-0.4, -0.2) is 27.5 Å². The fourth-order valence-electron chi connectivity index (χ4n) is 2.20. The largest absolute Gasteiger partial charge is 0.496 e. The Hall–Kier alpha value is -3.05. The number of rotatable bonds is 6. The van der Waals surface area contributed by atoms with Gasteiger partial charge >= 0.3 is 0 Å². The van der Waals surface area contributed by atoms with Crippen molar-refractivity contribution in [1.82, 2.24) is 4.72 Å². The molecule has 0 aliphatic heterocycles. The average molecular weight is 374 g/mol. The number of carbonyl (C=O) groups excluding carboxylic acids is 1. The molecule has 0 aliphatic carbocycles. The molecule has 0 bridgehead atoms. The number of nitriles is 1. The van der Waals surface area contributed by atoms with Crippen molar-refractivity contribution in [3.63, 3.8) is 0 Å². The van der Waals surface area contributed by atoms with E-state index in [0.717, 1.165) is 0 Å². The number of nitrogens with one attached hydrogen (secondary N) is 1. The minimum absolute atomic E-state index is 0.0613. The maximum atomic E-state index is 12.4. The van der Waals surface area contributed by atoms with Crippen LogP contribution in [0.2, 0.25) is 0 Å². The highest BCUT2D eigenvalue weighted by Gasteiger charge is 2.24. The van der Waals surface area contributed by atoms with Gasteiger partial charge in [0.1, 0.15) is 17.6 Å². The van der Waals surface area contributed by atoms with Gasteiger partial charge in [-0.15, -0.1) is 0 Å². The summed E-state index contributed by atoms with van der Waals surface area (Å²) in [6.45, 7) is 3.10. The number of hydrogen-bond acceptors (Lipinski definition) is 6. The number of hydrogen-bond donors (Lipinski definition) is 1. The number of sulfonamides is 1. The zero-order chi connectivity index (χ0) is 19.3. The summed E-state index contributed by atoms with van der Waals surface area (Å²) >= 11 is 0. The molecule has 8 heteroatoms. The predicted octanol–water partition coefficient (Wildman–Crippen LogP) is 2.15. The molecule has 2 aromatic rings. The standard InChI is InChI=1S/C18H18N2O5S/c1-12-10-15(8-9-16(12)24-3)26(22,23)20-18(21)13(2)25-17-7-5-4-6-14(17)11-19/h4-10,13H,1-3H3,(H,20,21)/t13-/m1/s1. The Morgan fingerprint density at radius 2 is 1.88 bits per heavy atom. The van der Waals surface area contributed by atoms with Crippen LogP contribution in [0.15, 0.2) is 47.4 Å². The normalized spacial score (nSPS) is 11.9. The third-order valence-corrected chi connectivity index (χ3v) is 4.94. The van der Waals surface area contributed by atoms with E-state index in [4.69, 9.17) is 14.7 Å². The van der Waals surface area contributed by atoms with Crippen LogP contribution in [0.5, 0.6) is 11.5 Å². The minimum atomic E-state index is -4.06. The third-order valence-electron chi connectivity index (χ3n) is 3.59. The van der Waals surface area contributed by atoms with Gasteiger partial charge in [0, 0.05) is 0 Å². The van der Waals surface area contributed by atoms with Crippen LogP contribution in [0.4, 0.5) is 0 Å². The van der Waals surface area contributed by atoms with E-state index in [2.05, 4.69) is 0 Å². The van der Waals surface area contributed by atoms with Crippen LogP contribution < -0.4 is 14.2 Å². The van der Waals surface area contributed by atoms with Crippen molar-refractivity contribution >= 4 is 15.9 Å². The number of methoxy groups -OCH3 is 1. The van der Waals surface area contributed by atoms with Crippen molar-refractivity contribution in [3.05, 3.63) is 53.6 Å². The Bertz CT molecular complexity index is 964. The number of amides is 1. The quantitative estimate of drug-likeness (QED) is 0.830. The van der Waals surface area contributed by atoms with Gasteiger partial charge < -0.3 is 9.47 Å². The number of para-hydroxylation sites is 1. The van der Waals surface area contributed by atoms with Crippen LogP contribution in [0.25, 0.3) is 0 Å². The Balaban J connectivity index is 2.15. The van der Waals surface area contributed by atoms with E-state index in [1.165, 1.54) is 44.4 Å². The first-order valence-electron chi connectivity index (χ1n) is 7.65. The molecule has 0 radical (unpaired) electrons. The number of ether oxygens (including phenoxy) is 2. The number of benzene rings is 2. The molecule has 0 heterocycles. The zero-order valence-electron chi connectivity index (χ0n) is 14.5. The fourth-order valence-corrected chi connectivity index (χ4v) is 3.33. The Labute approximate surface area is 152 Å². The summed E-state index contributed by atoms with van der Waals surface area (Å²) in [6, 6.07) is 12.6. The van der Waals surface area contributed by atoms with Gasteiger partial charge in [-0.25, -0.2) is 13.1 Å². The number of aryl methyl sites for hydroxylation is 1. The van der Waals surface area contributed by atoms with Crippen molar-refractivity contribution in [1.29, 1.82) is 5.26 Å². The summed E-state index contributed by atoms with van der Waals surface area (Å²) in [5.41, 5.74) is 0.871. The zero-order valence-corrected chi connectivity index (χ0v) is 15.3. The van der Waals surface area contributed by atoms with Crippen molar-refractivity contribution in [2.24, 2.45) is 0 Å². The van der Waals surface area contributed by atoms with E-state index in [1.54, 1.807) is 19.1 Å². The van der Waals surface area contributed by atoms with E-state index in [1.807, 2.05) is 10.8 Å². The molecule has 7 nitrogen and oxygen atoms in total. The van der Waals surface area contributed by atoms with Crippen LogP contribution in [0.1, 0.15) is 18.1 Å². The lowest BCUT2D eigenvalue weighted by Gasteiger charge is -2.16. The van der Waals surface area contributed by atoms with E-state index in [-0.39, 0.29) is 16.2 Å². The maximum absolute atomic E-state index is 12.4. The topological polar surface area (TPSA) is 105 Å². The van der Waals surface area contributed by atoms with E-state index in [9.17, 15) is 13.2 Å². The molecule has 2 aromatic carbocycles. The molecular weight excluding hydrogens is 356 g/mol. The molecule has 0 aromatic heterocycles. The van der Waals surface area contributed by atoms with E-state index in [0.29, 0.717) is 11.3 Å². The van der Waals surface area contributed by atoms with Crippen LogP contribution >= 0.6 is 0 Å². The average Bonchev–Trinajstić information content (AvgIpc) is 2.61. The fraction of sp³-hybridized carbons (Fsp3) is 0.222. The summed E-state index contributed by atoms with van der Waals surface area (Å²) in [7, 11) is -2.58.